The number of hydrogen-bond acceptors (Lipinski definition) is 5. The van der Waals surface area contributed by atoms with Crippen LogP contribution in [0.4, 0.5) is 13.9 Å². The first-order valence-electron chi connectivity index (χ1n) is 7.30. The average molecular weight is 377 g/mol. The van der Waals surface area contributed by atoms with E-state index in [-0.39, 0.29) is 5.13 Å². The number of hydrogen-bond donors (Lipinski definition) is 1. The lowest BCUT2D eigenvalue weighted by molar-refractivity contribution is 0.101. The van der Waals surface area contributed by atoms with Crippen molar-refractivity contribution in [3.05, 3.63) is 70.8 Å². The van der Waals surface area contributed by atoms with Gasteiger partial charge in [0.2, 0.25) is 5.13 Å². The van der Waals surface area contributed by atoms with Gasteiger partial charge in [-0.1, -0.05) is 59.0 Å². The molecule has 0 unspecified atom stereocenters. The van der Waals surface area contributed by atoms with Gasteiger partial charge in [0.1, 0.15) is 17.2 Å². The molecule has 3 aromatic rings. The molecule has 8 heteroatoms. The Bertz CT molecular complexity index is 877. The van der Waals surface area contributed by atoms with Crippen LogP contribution in [0.15, 0.2) is 46.8 Å². The zero-order chi connectivity index (χ0) is 17.8. The lowest BCUT2D eigenvalue weighted by atomic mass is 10.2. The summed E-state index contributed by atoms with van der Waals surface area (Å²) in [6.07, 6.45) is 0. The van der Waals surface area contributed by atoms with E-state index in [0.717, 1.165) is 29.0 Å². The number of carbonyl (C=O) groups is 1. The second-order valence-electron chi connectivity index (χ2n) is 5.20. The van der Waals surface area contributed by atoms with E-state index in [2.05, 4.69) is 15.5 Å². The van der Waals surface area contributed by atoms with Crippen LogP contribution < -0.4 is 5.32 Å². The molecule has 0 aliphatic heterocycles. The largest absolute Gasteiger partial charge is 0.296 e. The topological polar surface area (TPSA) is 54.9 Å². The molecule has 1 N–H and O–H groups in total. The van der Waals surface area contributed by atoms with Crippen molar-refractivity contribution in [2.75, 3.05) is 5.32 Å². The third kappa shape index (κ3) is 4.40. The third-order valence-corrected chi connectivity index (χ3v) is 5.34. The van der Waals surface area contributed by atoms with E-state index in [0.29, 0.717) is 10.1 Å². The second-order valence-corrected chi connectivity index (χ2v) is 7.40. The summed E-state index contributed by atoms with van der Waals surface area (Å²) in [5.41, 5.74) is 1.70. The normalized spacial score (nSPS) is 10.7. The third-order valence-electron chi connectivity index (χ3n) is 3.30. The number of nitrogens with one attached hydrogen (secondary N) is 1. The summed E-state index contributed by atoms with van der Waals surface area (Å²) in [7, 11) is 0. The number of aryl methyl sites for hydroxylation is 1. The smallest absolute Gasteiger partial charge is 0.263 e. The van der Waals surface area contributed by atoms with E-state index in [9.17, 15) is 13.6 Å². The number of nitrogens with zero attached hydrogens (tertiary/aromatic N) is 2. The van der Waals surface area contributed by atoms with Gasteiger partial charge in [-0.15, -0.1) is 10.2 Å². The van der Waals surface area contributed by atoms with Crippen molar-refractivity contribution < 1.29 is 13.6 Å². The minimum absolute atomic E-state index is 0.194. The number of amides is 1. The first-order chi connectivity index (χ1) is 12.0. The lowest BCUT2D eigenvalue weighted by Crippen LogP contribution is -2.15. The molecular weight excluding hydrogens is 364 g/mol. The van der Waals surface area contributed by atoms with Crippen LogP contribution in [0.25, 0.3) is 0 Å². The number of aromatic nitrogens is 2. The van der Waals surface area contributed by atoms with Gasteiger partial charge in [-0.05, 0) is 24.6 Å². The molecule has 0 bridgehead atoms. The molecule has 0 saturated heterocycles. The van der Waals surface area contributed by atoms with Crippen molar-refractivity contribution >= 4 is 34.1 Å². The highest BCUT2D eigenvalue weighted by Crippen LogP contribution is 2.28. The van der Waals surface area contributed by atoms with Crippen molar-refractivity contribution in [1.82, 2.24) is 10.2 Å². The van der Waals surface area contributed by atoms with E-state index in [1.807, 2.05) is 31.2 Å². The Morgan fingerprint density at radius 3 is 2.48 bits per heavy atom. The summed E-state index contributed by atoms with van der Waals surface area (Å²) in [6, 6.07) is 11.4. The van der Waals surface area contributed by atoms with Gasteiger partial charge in [-0.25, -0.2) is 8.78 Å². The molecule has 4 nitrogen and oxygen atoms in total. The highest BCUT2D eigenvalue weighted by atomic mass is 32.2. The van der Waals surface area contributed by atoms with Gasteiger partial charge < -0.3 is 0 Å². The van der Waals surface area contributed by atoms with Crippen molar-refractivity contribution in [3.63, 3.8) is 0 Å². The second kappa shape index (κ2) is 7.71. The Labute approximate surface area is 151 Å². The Morgan fingerprint density at radius 2 is 1.80 bits per heavy atom. The van der Waals surface area contributed by atoms with E-state index in [4.69, 9.17) is 0 Å². The molecule has 0 saturated carbocycles. The first kappa shape index (κ1) is 17.5. The molecule has 1 heterocycles. The fourth-order valence-corrected chi connectivity index (χ4v) is 3.73. The summed E-state index contributed by atoms with van der Waals surface area (Å²) in [5, 5.41) is 10.4. The number of thioether (sulfide) groups is 1. The molecule has 0 fully saturated rings. The predicted octanol–water partition coefficient (Wildman–Crippen LogP) is 4.67. The summed E-state index contributed by atoms with van der Waals surface area (Å²) in [6.45, 7) is 2.02. The number of anilines is 1. The maximum absolute atomic E-state index is 13.6. The molecule has 1 aromatic heterocycles. The average Bonchev–Trinajstić information content (AvgIpc) is 3.01. The van der Waals surface area contributed by atoms with Gasteiger partial charge in [0.25, 0.3) is 5.91 Å². The monoisotopic (exact) mass is 377 g/mol. The summed E-state index contributed by atoms with van der Waals surface area (Å²) < 4.78 is 27.9. The molecular formula is C17H13F2N3OS2. The van der Waals surface area contributed by atoms with E-state index in [1.54, 1.807) is 0 Å². The van der Waals surface area contributed by atoms with Crippen LogP contribution in [0.3, 0.4) is 0 Å². The maximum atomic E-state index is 13.6. The van der Waals surface area contributed by atoms with Gasteiger partial charge in [-0.2, -0.15) is 0 Å². The molecule has 0 aliphatic carbocycles. The molecule has 128 valence electrons. The molecule has 1 amide bonds. The van der Waals surface area contributed by atoms with Crippen LogP contribution in [0.1, 0.15) is 21.5 Å². The van der Waals surface area contributed by atoms with Crippen LogP contribution in [0, 0.1) is 18.6 Å². The maximum Gasteiger partial charge on any atom is 0.263 e. The molecule has 25 heavy (non-hydrogen) atoms. The zero-order valence-electron chi connectivity index (χ0n) is 13.1. The lowest BCUT2D eigenvalue weighted by Gasteiger charge is -2.03. The van der Waals surface area contributed by atoms with Crippen LogP contribution in [-0.4, -0.2) is 16.1 Å². The Balaban J connectivity index is 1.63. The van der Waals surface area contributed by atoms with Crippen LogP contribution >= 0.6 is 23.1 Å². The Kier molecular flexibility index (Phi) is 5.40. The standard InChI is InChI=1S/C17H13F2N3OS2/c1-10-5-7-11(8-6-10)9-24-17-22-21-16(25-17)20-15(23)14-12(18)3-2-4-13(14)19/h2-8H,9H2,1H3,(H,20,21,23). The van der Waals surface area contributed by atoms with Crippen LogP contribution in [0.2, 0.25) is 0 Å². The SMILES string of the molecule is Cc1ccc(CSc2nnc(NC(=O)c3c(F)cccc3F)s2)cc1. The van der Waals surface area contributed by atoms with Gasteiger partial charge in [0.15, 0.2) is 4.34 Å². The van der Waals surface area contributed by atoms with Crippen molar-refractivity contribution in [2.24, 2.45) is 0 Å². The summed E-state index contributed by atoms with van der Waals surface area (Å²) >= 11 is 2.63. The van der Waals surface area contributed by atoms with Crippen molar-refractivity contribution in [3.8, 4) is 0 Å². The van der Waals surface area contributed by atoms with E-state index < -0.39 is 23.1 Å². The summed E-state index contributed by atoms with van der Waals surface area (Å²) in [4.78, 5) is 12.0. The van der Waals surface area contributed by atoms with Crippen molar-refractivity contribution in [1.29, 1.82) is 0 Å². The number of rotatable bonds is 5. The highest BCUT2D eigenvalue weighted by Gasteiger charge is 2.18. The van der Waals surface area contributed by atoms with Crippen molar-refractivity contribution in [2.45, 2.75) is 17.0 Å². The minimum atomic E-state index is -0.920. The fourth-order valence-electron chi connectivity index (χ4n) is 2.02. The minimum Gasteiger partial charge on any atom is -0.296 e. The summed E-state index contributed by atoms with van der Waals surface area (Å²) in [5.74, 6) is -2.01. The Hall–Kier alpha value is -2.32. The van der Waals surface area contributed by atoms with Gasteiger partial charge in [0, 0.05) is 5.75 Å². The predicted molar refractivity (Wildman–Crippen MR) is 95.0 cm³/mol. The molecule has 0 spiro atoms. The molecule has 0 radical (unpaired) electrons. The van der Waals surface area contributed by atoms with E-state index >= 15 is 0 Å². The highest BCUT2D eigenvalue weighted by molar-refractivity contribution is 8.00. The van der Waals surface area contributed by atoms with E-state index in [1.165, 1.54) is 23.4 Å². The zero-order valence-corrected chi connectivity index (χ0v) is 14.8. The fraction of sp³-hybridized carbons (Fsp3) is 0.118. The molecule has 3 rings (SSSR count). The van der Waals surface area contributed by atoms with Crippen LogP contribution in [-0.2, 0) is 5.75 Å². The Morgan fingerprint density at radius 1 is 1.12 bits per heavy atom. The van der Waals surface area contributed by atoms with Gasteiger partial charge in [-0.3, -0.25) is 10.1 Å². The molecule has 0 aliphatic rings. The number of carbonyl (C=O) groups excluding carboxylic acids is 1. The number of benzene rings is 2. The molecule has 2 aromatic carbocycles. The van der Waals surface area contributed by atoms with Crippen LogP contribution in [0.5, 0.6) is 0 Å². The van der Waals surface area contributed by atoms with Gasteiger partial charge in [0.05, 0.1) is 0 Å². The quantitative estimate of drug-likeness (QED) is 0.519. The van der Waals surface area contributed by atoms with Gasteiger partial charge >= 0.3 is 0 Å². The first-order valence-corrected chi connectivity index (χ1v) is 9.10. The number of halogens is 2. The molecule has 0 atom stereocenters.